The molecule has 29 heavy (non-hydrogen) atoms. The number of hydrogen-bond acceptors (Lipinski definition) is 3. The maximum Gasteiger partial charge on any atom is 0.255 e. The number of allylic oxidation sites excluding steroid dienone is 4. The summed E-state index contributed by atoms with van der Waals surface area (Å²) in [5.74, 6) is 2.55. The van der Waals surface area contributed by atoms with Crippen molar-refractivity contribution in [2.75, 3.05) is 7.11 Å². The van der Waals surface area contributed by atoms with E-state index in [1.165, 1.54) is 12.8 Å². The third-order valence-corrected chi connectivity index (χ3v) is 6.64. The van der Waals surface area contributed by atoms with Crippen molar-refractivity contribution in [1.82, 2.24) is 9.97 Å². The van der Waals surface area contributed by atoms with Gasteiger partial charge in [0.05, 0.1) is 7.11 Å². The Balaban J connectivity index is 1.58. The van der Waals surface area contributed by atoms with E-state index < -0.39 is 0 Å². The molecule has 1 atom stereocenters. The van der Waals surface area contributed by atoms with Crippen molar-refractivity contribution in [1.29, 1.82) is 0 Å². The van der Waals surface area contributed by atoms with E-state index in [-0.39, 0.29) is 5.56 Å². The van der Waals surface area contributed by atoms with Gasteiger partial charge in [0.2, 0.25) is 0 Å². The first kappa shape index (κ1) is 19.9. The van der Waals surface area contributed by atoms with Crippen molar-refractivity contribution >= 4 is 12.2 Å². The molecule has 0 radical (unpaired) electrons. The molecule has 4 rings (SSSR count). The molecule has 1 heterocycles. The molecule has 4 nitrogen and oxygen atoms in total. The minimum Gasteiger partial charge on any atom is -0.496 e. The zero-order valence-corrected chi connectivity index (χ0v) is 17.6. The van der Waals surface area contributed by atoms with E-state index in [0.29, 0.717) is 23.0 Å². The molecule has 0 bridgehead atoms. The molecule has 0 aliphatic heterocycles. The van der Waals surface area contributed by atoms with Gasteiger partial charge in [0.15, 0.2) is 4.77 Å². The zero-order chi connectivity index (χ0) is 20.2. The number of aromatic nitrogens is 2. The second-order valence-corrected chi connectivity index (χ2v) is 8.52. The number of rotatable bonds is 5. The van der Waals surface area contributed by atoms with Crippen LogP contribution in [0.25, 0.3) is 0 Å². The molecule has 2 aliphatic carbocycles. The maximum absolute atomic E-state index is 12.8. The molecule has 1 aromatic carbocycles. The number of benzene rings is 1. The fraction of sp³-hybridized carbons (Fsp3) is 0.417. The van der Waals surface area contributed by atoms with Crippen LogP contribution in [0.5, 0.6) is 5.75 Å². The highest BCUT2D eigenvalue weighted by Gasteiger charge is 2.29. The van der Waals surface area contributed by atoms with Crippen LogP contribution in [0.3, 0.4) is 0 Å². The molecule has 1 unspecified atom stereocenters. The van der Waals surface area contributed by atoms with Crippen molar-refractivity contribution in [3.05, 3.63) is 80.5 Å². The summed E-state index contributed by atoms with van der Waals surface area (Å²) in [6.07, 6.45) is 15.2. The van der Waals surface area contributed by atoms with Gasteiger partial charge in [-0.2, -0.15) is 0 Å². The first-order valence-corrected chi connectivity index (χ1v) is 10.9. The lowest BCUT2D eigenvalue weighted by atomic mass is 9.72. The van der Waals surface area contributed by atoms with Crippen LogP contribution in [-0.2, 0) is 6.42 Å². The van der Waals surface area contributed by atoms with Crippen LogP contribution in [0.4, 0.5) is 0 Å². The predicted octanol–water partition coefficient (Wildman–Crippen LogP) is 5.44. The SMILES string of the molecule is COc1ccccc1Cc1c(=O)[nH]c(=S)[nH]c1[C@H]1CC[C@H](C2C=CC=CC2)CC1. The molecule has 152 valence electrons. The lowest BCUT2D eigenvalue weighted by Gasteiger charge is -2.33. The number of aromatic amines is 2. The van der Waals surface area contributed by atoms with Gasteiger partial charge in [-0.25, -0.2) is 0 Å². The summed E-state index contributed by atoms with van der Waals surface area (Å²) in [4.78, 5) is 18.9. The van der Waals surface area contributed by atoms with E-state index in [9.17, 15) is 4.79 Å². The smallest absolute Gasteiger partial charge is 0.255 e. The number of methoxy groups -OCH3 is 1. The van der Waals surface area contributed by atoms with Gasteiger partial charge in [0, 0.05) is 17.7 Å². The number of H-pyrrole nitrogens is 2. The Morgan fingerprint density at radius 3 is 2.62 bits per heavy atom. The summed E-state index contributed by atoms with van der Waals surface area (Å²) in [5.41, 5.74) is 2.73. The van der Waals surface area contributed by atoms with Gasteiger partial charge >= 0.3 is 0 Å². The molecule has 2 N–H and O–H groups in total. The van der Waals surface area contributed by atoms with Gasteiger partial charge in [-0.3, -0.25) is 9.78 Å². The lowest BCUT2D eigenvalue weighted by Crippen LogP contribution is -2.25. The maximum atomic E-state index is 12.8. The second-order valence-electron chi connectivity index (χ2n) is 8.11. The fourth-order valence-electron chi connectivity index (χ4n) is 4.88. The summed E-state index contributed by atoms with van der Waals surface area (Å²) in [5, 5.41) is 0. The highest BCUT2D eigenvalue weighted by Crippen LogP contribution is 2.41. The standard InChI is InChI=1S/C24H28N2O2S/c1-28-21-10-6-5-9-19(21)15-20-22(25-24(29)26-23(20)27)18-13-11-17(12-14-18)16-7-3-2-4-8-16/h2-7,9-10,16-18H,8,11-15H2,1H3,(H2,25,26,27,29)/t16?,17-,18-. The Bertz CT molecular complexity index is 1030. The summed E-state index contributed by atoms with van der Waals surface area (Å²) in [7, 11) is 1.67. The largest absolute Gasteiger partial charge is 0.496 e. The van der Waals surface area contributed by atoms with Crippen LogP contribution in [0, 0.1) is 16.6 Å². The highest BCUT2D eigenvalue weighted by atomic mass is 32.1. The molecule has 2 aliphatic rings. The fourth-order valence-corrected chi connectivity index (χ4v) is 5.08. The van der Waals surface area contributed by atoms with Crippen molar-refractivity contribution < 1.29 is 4.74 Å². The number of hydrogen-bond donors (Lipinski definition) is 2. The molecule has 1 fully saturated rings. The van der Waals surface area contributed by atoms with E-state index in [4.69, 9.17) is 17.0 Å². The summed E-state index contributed by atoms with van der Waals surface area (Å²) >= 11 is 5.30. The third-order valence-electron chi connectivity index (χ3n) is 6.43. The summed E-state index contributed by atoms with van der Waals surface area (Å²) < 4.78 is 5.91. The average Bonchev–Trinajstić information content (AvgIpc) is 2.76. The molecule has 0 amide bonds. The highest BCUT2D eigenvalue weighted by molar-refractivity contribution is 7.71. The monoisotopic (exact) mass is 408 g/mol. The van der Waals surface area contributed by atoms with Gasteiger partial charge in [0.1, 0.15) is 5.75 Å². The van der Waals surface area contributed by atoms with E-state index in [1.54, 1.807) is 7.11 Å². The Hall–Kier alpha value is -2.40. The van der Waals surface area contributed by atoms with Crippen molar-refractivity contribution in [2.45, 2.75) is 44.4 Å². The van der Waals surface area contributed by atoms with E-state index in [2.05, 4.69) is 34.3 Å². The van der Waals surface area contributed by atoms with E-state index >= 15 is 0 Å². The summed E-state index contributed by atoms with van der Waals surface area (Å²) in [6.45, 7) is 0. The Labute approximate surface area is 176 Å². The average molecular weight is 409 g/mol. The van der Waals surface area contributed by atoms with Crippen LogP contribution >= 0.6 is 12.2 Å². The molecule has 0 spiro atoms. The van der Waals surface area contributed by atoms with Crippen LogP contribution in [-0.4, -0.2) is 17.1 Å². The number of ether oxygens (including phenoxy) is 1. The molecule has 2 aromatic rings. The first-order valence-electron chi connectivity index (χ1n) is 10.5. The van der Waals surface area contributed by atoms with Gasteiger partial charge in [0.25, 0.3) is 5.56 Å². The zero-order valence-electron chi connectivity index (χ0n) is 16.8. The minimum atomic E-state index is -0.0860. The normalized spacial score (nSPS) is 23.8. The second kappa shape index (κ2) is 8.95. The van der Waals surface area contributed by atoms with Crippen LogP contribution < -0.4 is 10.3 Å². The van der Waals surface area contributed by atoms with Crippen molar-refractivity contribution in [3.8, 4) is 5.75 Å². The number of nitrogens with one attached hydrogen (secondary N) is 2. The molecule has 1 aromatic heterocycles. The molecule has 5 heteroatoms. The number of para-hydroxylation sites is 1. The van der Waals surface area contributed by atoms with Crippen molar-refractivity contribution in [2.24, 2.45) is 11.8 Å². The van der Waals surface area contributed by atoms with Gasteiger partial charge in [-0.15, -0.1) is 0 Å². The topological polar surface area (TPSA) is 57.9 Å². The Kier molecular flexibility index (Phi) is 6.14. The van der Waals surface area contributed by atoms with Crippen LogP contribution in [0.1, 0.15) is 54.8 Å². The first-order chi connectivity index (χ1) is 14.2. The predicted molar refractivity (Wildman–Crippen MR) is 119 cm³/mol. The third kappa shape index (κ3) is 4.45. The van der Waals surface area contributed by atoms with Crippen LogP contribution in [0.2, 0.25) is 0 Å². The van der Waals surface area contributed by atoms with Gasteiger partial charge in [-0.05, 0) is 73.7 Å². The molecular formula is C24H28N2O2S. The van der Waals surface area contributed by atoms with Gasteiger partial charge < -0.3 is 9.72 Å². The molecular weight excluding hydrogens is 380 g/mol. The van der Waals surface area contributed by atoms with Crippen LogP contribution in [0.15, 0.2) is 53.4 Å². The van der Waals surface area contributed by atoms with Gasteiger partial charge in [-0.1, -0.05) is 42.5 Å². The molecule has 1 saturated carbocycles. The molecule has 0 saturated heterocycles. The van der Waals surface area contributed by atoms with E-state index in [0.717, 1.165) is 47.8 Å². The lowest BCUT2D eigenvalue weighted by molar-refractivity contribution is 0.262. The van der Waals surface area contributed by atoms with Crippen molar-refractivity contribution in [3.63, 3.8) is 0 Å². The Morgan fingerprint density at radius 1 is 1.10 bits per heavy atom. The quantitative estimate of drug-likeness (QED) is 0.648. The van der Waals surface area contributed by atoms with E-state index in [1.807, 2.05) is 24.3 Å². The summed E-state index contributed by atoms with van der Waals surface area (Å²) in [6, 6.07) is 7.88. The minimum absolute atomic E-state index is 0.0860. The Morgan fingerprint density at radius 2 is 1.90 bits per heavy atom.